The van der Waals surface area contributed by atoms with Gasteiger partial charge in [-0.05, 0) is 56.0 Å². The molecule has 3 N–H and O–H groups in total. The molecule has 0 amide bonds. The lowest BCUT2D eigenvalue weighted by Crippen LogP contribution is -2.06. The number of aryl methyl sites for hydroxylation is 2. The number of carboxylic acid groups (broad SMARTS) is 1. The van der Waals surface area contributed by atoms with Gasteiger partial charge in [0.1, 0.15) is 0 Å². The molecule has 2 rings (SSSR count). The van der Waals surface area contributed by atoms with Gasteiger partial charge in [-0.2, -0.15) is 0 Å². The van der Waals surface area contributed by atoms with Crippen LogP contribution in [0.3, 0.4) is 0 Å². The first kappa shape index (κ1) is 16.6. The van der Waals surface area contributed by atoms with Crippen LogP contribution in [0.5, 0.6) is 0 Å². The highest BCUT2D eigenvalue weighted by Crippen LogP contribution is 2.31. The number of hydrogen-bond donors (Lipinski definition) is 2. The molecule has 1 aromatic carbocycles. The molecule has 0 aliphatic heterocycles. The zero-order chi connectivity index (χ0) is 16.3. The highest BCUT2D eigenvalue weighted by Gasteiger charge is 2.20. The summed E-state index contributed by atoms with van der Waals surface area (Å²) in [5, 5.41) is 10.7. The van der Waals surface area contributed by atoms with E-state index in [1.54, 1.807) is 0 Å². The van der Waals surface area contributed by atoms with E-state index in [-0.39, 0.29) is 0 Å². The minimum atomic E-state index is -0.852. The van der Waals surface area contributed by atoms with Crippen LogP contribution in [0, 0.1) is 6.92 Å². The van der Waals surface area contributed by atoms with Crippen LogP contribution in [0.15, 0.2) is 12.1 Å². The first-order valence-electron chi connectivity index (χ1n) is 8.13. The predicted octanol–water partition coefficient (Wildman–Crippen LogP) is 3.51. The lowest BCUT2D eigenvalue weighted by molar-refractivity contribution is 0.0698. The lowest BCUT2D eigenvalue weighted by atomic mass is 10.0. The SMILES string of the molecule is CCCCn1c(C)c(CCN)c2cc(CC)cc(C(=O)O)c21. The van der Waals surface area contributed by atoms with Gasteiger partial charge in [-0.1, -0.05) is 20.3 Å². The van der Waals surface area contributed by atoms with E-state index in [0.717, 1.165) is 54.4 Å². The Morgan fingerprint density at radius 2 is 2.05 bits per heavy atom. The Hall–Kier alpha value is -1.81. The lowest BCUT2D eigenvalue weighted by Gasteiger charge is -2.10. The van der Waals surface area contributed by atoms with Crippen molar-refractivity contribution in [3.63, 3.8) is 0 Å². The number of carboxylic acids is 1. The summed E-state index contributed by atoms with van der Waals surface area (Å²) in [4.78, 5) is 11.7. The fourth-order valence-electron chi connectivity index (χ4n) is 3.16. The van der Waals surface area contributed by atoms with Gasteiger partial charge in [0.05, 0.1) is 11.1 Å². The van der Waals surface area contributed by atoms with E-state index >= 15 is 0 Å². The number of nitrogens with two attached hydrogens (primary N) is 1. The molecule has 0 bridgehead atoms. The monoisotopic (exact) mass is 302 g/mol. The minimum absolute atomic E-state index is 0.414. The number of benzene rings is 1. The number of hydrogen-bond acceptors (Lipinski definition) is 2. The van der Waals surface area contributed by atoms with Crippen molar-refractivity contribution in [3.8, 4) is 0 Å². The van der Waals surface area contributed by atoms with Crippen LogP contribution in [0.4, 0.5) is 0 Å². The molecule has 0 saturated heterocycles. The number of rotatable bonds is 7. The van der Waals surface area contributed by atoms with Crippen molar-refractivity contribution in [1.29, 1.82) is 0 Å². The molecule has 120 valence electrons. The van der Waals surface area contributed by atoms with Crippen LogP contribution in [0.25, 0.3) is 10.9 Å². The zero-order valence-corrected chi connectivity index (χ0v) is 13.8. The number of aromatic carboxylic acids is 1. The van der Waals surface area contributed by atoms with Gasteiger partial charge in [0.15, 0.2) is 0 Å². The normalized spacial score (nSPS) is 11.3. The Kier molecular flexibility index (Phi) is 5.24. The minimum Gasteiger partial charge on any atom is -0.478 e. The second-order valence-electron chi connectivity index (χ2n) is 5.81. The smallest absolute Gasteiger partial charge is 0.337 e. The Morgan fingerprint density at radius 1 is 1.32 bits per heavy atom. The summed E-state index contributed by atoms with van der Waals surface area (Å²) in [5.41, 5.74) is 10.5. The van der Waals surface area contributed by atoms with Gasteiger partial charge in [0, 0.05) is 17.6 Å². The molecule has 0 fully saturated rings. The van der Waals surface area contributed by atoms with Crippen LogP contribution in [-0.4, -0.2) is 22.2 Å². The summed E-state index contributed by atoms with van der Waals surface area (Å²) in [5.74, 6) is -0.852. The number of fused-ring (bicyclic) bond motifs is 1. The average molecular weight is 302 g/mol. The third-order valence-corrected chi connectivity index (χ3v) is 4.37. The number of unbranched alkanes of at least 4 members (excludes halogenated alkanes) is 1. The van der Waals surface area contributed by atoms with Crippen molar-refractivity contribution in [2.75, 3.05) is 6.54 Å². The zero-order valence-electron chi connectivity index (χ0n) is 13.8. The van der Waals surface area contributed by atoms with Crippen LogP contribution in [-0.2, 0) is 19.4 Å². The van der Waals surface area contributed by atoms with E-state index in [4.69, 9.17) is 5.73 Å². The fourth-order valence-corrected chi connectivity index (χ4v) is 3.16. The van der Waals surface area contributed by atoms with Crippen molar-refractivity contribution < 1.29 is 9.90 Å². The van der Waals surface area contributed by atoms with Gasteiger partial charge in [-0.3, -0.25) is 0 Å². The van der Waals surface area contributed by atoms with E-state index in [1.165, 1.54) is 5.56 Å². The molecular weight excluding hydrogens is 276 g/mol. The molecule has 0 saturated carbocycles. The summed E-state index contributed by atoms with van der Waals surface area (Å²) in [7, 11) is 0. The molecule has 0 atom stereocenters. The van der Waals surface area contributed by atoms with Crippen molar-refractivity contribution in [3.05, 3.63) is 34.5 Å². The third kappa shape index (κ3) is 2.88. The third-order valence-electron chi connectivity index (χ3n) is 4.37. The van der Waals surface area contributed by atoms with Crippen molar-refractivity contribution in [1.82, 2.24) is 4.57 Å². The Labute approximate surface area is 131 Å². The van der Waals surface area contributed by atoms with E-state index in [2.05, 4.69) is 31.4 Å². The molecule has 4 heteroatoms. The molecular formula is C18H26N2O2. The summed E-state index contributed by atoms with van der Waals surface area (Å²) in [6, 6.07) is 3.96. The van der Waals surface area contributed by atoms with Gasteiger partial charge in [0.25, 0.3) is 0 Å². The van der Waals surface area contributed by atoms with Crippen molar-refractivity contribution >= 4 is 16.9 Å². The average Bonchev–Trinajstić information content (AvgIpc) is 2.77. The van der Waals surface area contributed by atoms with Gasteiger partial charge in [-0.15, -0.1) is 0 Å². The molecule has 0 aliphatic rings. The summed E-state index contributed by atoms with van der Waals surface area (Å²) in [6.07, 6.45) is 3.74. The van der Waals surface area contributed by atoms with Crippen LogP contribution >= 0.6 is 0 Å². The Morgan fingerprint density at radius 3 is 2.59 bits per heavy atom. The van der Waals surface area contributed by atoms with Gasteiger partial charge in [0.2, 0.25) is 0 Å². The molecule has 0 spiro atoms. The highest BCUT2D eigenvalue weighted by atomic mass is 16.4. The predicted molar refractivity (Wildman–Crippen MR) is 90.7 cm³/mol. The molecule has 0 unspecified atom stereocenters. The standard InChI is InChI=1S/C18H26N2O2/c1-4-6-9-20-12(3)14(7-8-19)15-10-13(5-2)11-16(17(15)20)18(21)22/h10-11H,4-9,19H2,1-3H3,(H,21,22). The van der Waals surface area contributed by atoms with Gasteiger partial charge < -0.3 is 15.4 Å². The molecule has 1 aromatic heterocycles. The van der Waals surface area contributed by atoms with E-state index in [0.29, 0.717) is 12.1 Å². The van der Waals surface area contributed by atoms with Gasteiger partial charge in [-0.25, -0.2) is 4.79 Å². The second kappa shape index (κ2) is 6.97. The van der Waals surface area contributed by atoms with Crippen LogP contribution < -0.4 is 5.73 Å². The van der Waals surface area contributed by atoms with Gasteiger partial charge >= 0.3 is 5.97 Å². The molecule has 22 heavy (non-hydrogen) atoms. The Balaban J connectivity index is 2.81. The maximum atomic E-state index is 11.7. The molecule has 1 heterocycles. The van der Waals surface area contributed by atoms with E-state index in [9.17, 15) is 9.90 Å². The molecule has 0 radical (unpaired) electrons. The number of aromatic nitrogens is 1. The molecule has 4 nitrogen and oxygen atoms in total. The Bertz CT molecular complexity index is 686. The maximum Gasteiger partial charge on any atom is 0.337 e. The summed E-state index contributed by atoms with van der Waals surface area (Å²) >= 11 is 0. The highest BCUT2D eigenvalue weighted by molar-refractivity contribution is 6.04. The fraction of sp³-hybridized carbons (Fsp3) is 0.500. The largest absolute Gasteiger partial charge is 0.478 e. The quantitative estimate of drug-likeness (QED) is 0.822. The molecule has 0 aliphatic carbocycles. The first-order valence-corrected chi connectivity index (χ1v) is 8.13. The van der Waals surface area contributed by atoms with Crippen molar-refractivity contribution in [2.45, 2.75) is 53.0 Å². The topological polar surface area (TPSA) is 68.2 Å². The molecule has 2 aromatic rings. The number of carbonyl (C=O) groups is 1. The van der Waals surface area contributed by atoms with Crippen LogP contribution in [0.1, 0.15) is 53.9 Å². The summed E-state index contributed by atoms with van der Waals surface area (Å²) in [6.45, 7) is 7.71. The maximum absolute atomic E-state index is 11.7. The van der Waals surface area contributed by atoms with Crippen LogP contribution in [0.2, 0.25) is 0 Å². The number of nitrogens with zero attached hydrogens (tertiary/aromatic N) is 1. The van der Waals surface area contributed by atoms with Crippen molar-refractivity contribution in [2.24, 2.45) is 5.73 Å². The van der Waals surface area contributed by atoms with E-state index in [1.807, 2.05) is 6.07 Å². The summed E-state index contributed by atoms with van der Waals surface area (Å²) < 4.78 is 2.17. The second-order valence-corrected chi connectivity index (χ2v) is 5.81. The van der Waals surface area contributed by atoms with E-state index < -0.39 is 5.97 Å². The first-order chi connectivity index (χ1) is 10.5.